The third-order valence-electron chi connectivity index (χ3n) is 5.88. The Labute approximate surface area is 203 Å². The molecule has 0 spiro atoms. The van der Waals surface area contributed by atoms with Gasteiger partial charge in [0.1, 0.15) is 17.5 Å². The summed E-state index contributed by atoms with van der Waals surface area (Å²) < 4.78 is 10.6. The third kappa shape index (κ3) is 5.11. The normalized spacial score (nSPS) is 15.2. The highest BCUT2D eigenvalue weighted by Crippen LogP contribution is 2.39. The van der Waals surface area contributed by atoms with E-state index in [1.165, 1.54) is 5.01 Å². The monoisotopic (exact) mass is 473 g/mol. The molecule has 1 unspecified atom stereocenters. The fourth-order valence-electron chi connectivity index (χ4n) is 3.95. The molecular formula is C27H27N3O5. The first-order valence-corrected chi connectivity index (χ1v) is 11.3. The van der Waals surface area contributed by atoms with Gasteiger partial charge in [0.15, 0.2) is 6.61 Å². The van der Waals surface area contributed by atoms with Gasteiger partial charge in [-0.3, -0.25) is 19.8 Å². The Bertz CT molecular complexity index is 1240. The van der Waals surface area contributed by atoms with Crippen LogP contribution in [0.25, 0.3) is 11.1 Å². The van der Waals surface area contributed by atoms with Gasteiger partial charge < -0.3 is 14.8 Å². The molecule has 0 fully saturated rings. The van der Waals surface area contributed by atoms with E-state index in [1.807, 2.05) is 49.4 Å². The summed E-state index contributed by atoms with van der Waals surface area (Å²) in [5.41, 5.74) is 5.94. The number of rotatable bonds is 7. The molecule has 3 aromatic rings. The highest BCUT2D eigenvalue weighted by atomic mass is 16.5. The smallest absolute Gasteiger partial charge is 0.261 e. The quantitative estimate of drug-likeness (QED) is 0.548. The van der Waals surface area contributed by atoms with Gasteiger partial charge in [0.05, 0.1) is 18.7 Å². The SMILES string of the molecule is COc1ccc(OCC(=O)N[C@@H](C)C(=O)NN2C(=O)C(C)c3ccccc3-c3ccccc32)cc1. The molecule has 3 amide bonds. The van der Waals surface area contributed by atoms with E-state index in [0.29, 0.717) is 17.2 Å². The van der Waals surface area contributed by atoms with Gasteiger partial charge >= 0.3 is 0 Å². The molecule has 2 N–H and O–H groups in total. The second-order valence-corrected chi connectivity index (χ2v) is 8.23. The Morgan fingerprint density at radius 1 is 0.943 bits per heavy atom. The Kier molecular flexibility index (Phi) is 7.01. The summed E-state index contributed by atoms with van der Waals surface area (Å²) in [6.45, 7) is 3.10. The second-order valence-electron chi connectivity index (χ2n) is 8.23. The van der Waals surface area contributed by atoms with E-state index in [0.717, 1.165) is 16.7 Å². The van der Waals surface area contributed by atoms with Crippen molar-refractivity contribution in [3.8, 4) is 22.6 Å². The zero-order valence-corrected chi connectivity index (χ0v) is 19.8. The topological polar surface area (TPSA) is 97.0 Å². The summed E-state index contributed by atoms with van der Waals surface area (Å²) in [7, 11) is 1.56. The van der Waals surface area contributed by atoms with Crippen molar-refractivity contribution in [2.75, 3.05) is 18.7 Å². The minimum Gasteiger partial charge on any atom is -0.497 e. The van der Waals surface area contributed by atoms with Gasteiger partial charge in [-0.25, -0.2) is 5.01 Å². The Morgan fingerprint density at radius 3 is 2.29 bits per heavy atom. The molecule has 0 radical (unpaired) electrons. The number of fused-ring (bicyclic) bond motifs is 3. The number of para-hydroxylation sites is 1. The van der Waals surface area contributed by atoms with E-state index in [4.69, 9.17) is 9.47 Å². The highest BCUT2D eigenvalue weighted by Gasteiger charge is 2.33. The minimum atomic E-state index is -0.900. The van der Waals surface area contributed by atoms with Crippen LogP contribution in [0.2, 0.25) is 0 Å². The predicted octanol–water partition coefficient (Wildman–Crippen LogP) is 3.43. The van der Waals surface area contributed by atoms with Crippen molar-refractivity contribution < 1.29 is 23.9 Å². The third-order valence-corrected chi connectivity index (χ3v) is 5.88. The molecule has 0 aromatic heterocycles. The lowest BCUT2D eigenvalue weighted by Crippen LogP contribution is -2.54. The number of hydrazine groups is 1. The van der Waals surface area contributed by atoms with Crippen LogP contribution < -0.4 is 25.2 Å². The van der Waals surface area contributed by atoms with E-state index in [-0.39, 0.29) is 12.5 Å². The maximum Gasteiger partial charge on any atom is 0.261 e. The molecule has 1 aliphatic rings. The molecule has 1 aliphatic heterocycles. The first-order valence-electron chi connectivity index (χ1n) is 11.3. The molecule has 1 heterocycles. The number of hydrogen-bond acceptors (Lipinski definition) is 5. The summed E-state index contributed by atoms with van der Waals surface area (Å²) in [6, 6.07) is 21.0. The van der Waals surface area contributed by atoms with Crippen LogP contribution in [0.3, 0.4) is 0 Å². The van der Waals surface area contributed by atoms with Crippen LogP contribution in [0.4, 0.5) is 5.69 Å². The number of carbonyl (C=O) groups excluding carboxylic acids is 3. The molecule has 3 aromatic carbocycles. The molecule has 180 valence electrons. The van der Waals surface area contributed by atoms with Crippen molar-refractivity contribution in [3.05, 3.63) is 78.4 Å². The molecule has 0 saturated carbocycles. The molecule has 8 heteroatoms. The van der Waals surface area contributed by atoms with E-state index in [1.54, 1.807) is 44.4 Å². The fourth-order valence-corrected chi connectivity index (χ4v) is 3.95. The zero-order valence-electron chi connectivity index (χ0n) is 19.8. The predicted molar refractivity (Wildman–Crippen MR) is 132 cm³/mol. The number of methoxy groups -OCH3 is 1. The molecule has 0 aliphatic carbocycles. The van der Waals surface area contributed by atoms with E-state index in [9.17, 15) is 14.4 Å². The standard InChI is InChI=1S/C27H27N3O5/c1-17-21-8-4-5-9-22(21)23-10-6-7-11-24(23)30(27(17)33)29-26(32)18(2)28-25(31)16-35-20-14-12-19(34-3)13-15-20/h4-15,17-18H,16H2,1-3H3,(H,28,31)(H,29,32)/t17?,18-/m0/s1. The van der Waals surface area contributed by atoms with Crippen molar-refractivity contribution in [1.29, 1.82) is 0 Å². The number of amides is 3. The van der Waals surface area contributed by atoms with Crippen LogP contribution in [0.15, 0.2) is 72.8 Å². The van der Waals surface area contributed by atoms with Crippen molar-refractivity contribution in [2.45, 2.75) is 25.8 Å². The van der Waals surface area contributed by atoms with Gasteiger partial charge in [0.2, 0.25) is 0 Å². The number of anilines is 1. The summed E-state index contributed by atoms with van der Waals surface area (Å²) >= 11 is 0. The second kappa shape index (κ2) is 10.3. The van der Waals surface area contributed by atoms with Crippen LogP contribution in [-0.2, 0) is 14.4 Å². The van der Waals surface area contributed by atoms with Crippen molar-refractivity contribution in [3.63, 3.8) is 0 Å². The number of nitrogens with zero attached hydrogens (tertiary/aromatic N) is 1. The largest absolute Gasteiger partial charge is 0.497 e. The summed E-state index contributed by atoms with van der Waals surface area (Å²) in [6.07, 6.45) is 0. The number of carbonyl (C=O) groups is 3. The Morgan fingerprint density at radius 2 is 1.57 bits per heavy atom. The van der Waals surface area contributed by atoms with Gasteiger partial charge in [-0.2, -0.15) is 0 Å². The first-order chi connectivity index (χ1) is 16.9. The Hall–Kier alpha value is -4.33. The van der Waals surface area contributed by atoms with Gasteiger partial charge in [0, 0.05) is 5.56 Å². The maximum absolute atomic E-state index is 13.4. The lowest BCUT2D eigenvalue weighted by atomic mass is 9.92. The van der Waals surface area contributed by atoms with Gasteiger partial charge in [-0.15, -0.1) is 0 Å². The molecule has 0 saturated heterocycles. The molecular weight excluding hydrogens is 446 g/mol. The van der Waals surface area contributed by atoms with Crippen LogP contribution in [-0.4, -0.2) is 37.5 Å². The van der Waals surface area contributed by atoms with Crippen molar-refractivity contribution in [2.24, 2.45) is 0 Å². The number of hydrogen-bond donors (Lipinski definition) is 2. The summed E-state index contributed by atoms with van der Waals surface area (Å²) in [5.74, 6) is -0.553. The van der Waals surface area contributed by atoms with E-state index < -0.39 is 23.8 Å². The molecule has 35 heavy (non-hydrogen) atoms. The van der Waals surface area contributed by atoms with Crippen molar-refractivity contribution in [1.82, 2.24) is 10.7 Å². The average Bonchev–Trinajstić information content (AvgIpc) is 2.97. The molecule has 8 nitrogen and oxygen atoms in total. The van der Waals surface area contributed by atoms with Gasteiger partial charge in [0.25, 0.3) is 17.7 Å². The molecule has 0 bridgehead atoms. The highest BCUT2D eigenvalue weighted by molar-refractivity contribution is 6.06. The lowest BCUT2D eigenvalue weighted by molar-refractivity contribution is -0.131. The number of nitrogens with one attached hydrogen (secondary N) is 2. The summed E-state index contributed by atoms with van der Waals surface area (Å²) in [5, 5.41) is 3.88. The van der Waals surface area contributed by atoms with Crippen LogP contribution in [0, 0.1) is 0 Å². The average molecular weight is 474 g/mol. The summed E-state index contributed by atoms with van der Waals surface area (Å²) in [4.78, 5) is 38.7. The number of ether oxygens (including phenoxy) is 2. The zero-order chi connectivity index (χ0) is 24.9. The molecule has 4 rings (SSSR count). The number of benzene rings is 3. The fraction of sp³-hybridized carbons (Fsp3) is 0.222. The van der Waals surface area contributed by atoms with Crippen LogP contribution >= 0.6 is 0 Å². The van der Waals surface area contributed by atoms with E-state index >= 15 is 0 Å². The lowest BCUT2D eigenvalue weighted by Gasteiger charge is -2.27. The van der Waals surface area contributed by atoms with Crippen molar-refractivity contribution >= 4 is 23.4 Å². The minimum absolute atomic E-state index is 0.262. The Balaban J connectivity index is 1.43. The van der Waals surface area contributed by atoms with Gasteiger partial charge in [-0.1, -0.05) is 42.5 Å². The first kappa shape index (κ1) is 23.8. The van der Waals surface area contributed by atoms with Crippen LogP contribution in [0.1, 0.15) is 25.3 Å². The van der Waals surface area contributed by atoms with Crippen LogP contribution in [0.5, 0.6) is 11.5 Å². The van der Waals surface area contributed by atoms with E-state index in [2.05, 4.69) is 10.7 Å². The molecule has 2 atom stereocenters. The van der Waals surface area contributed by atoms with Gasteiger partial charge in [-0.05, 0) is 55.3 Å². The maximum atomic E-state index is 13.4.